The normalized spacial score (nSPS) is 8.11. The first kappa shape index (κ1) is 10.4. The number of hydrogen-bond donors (Lipinski definition) is 0. The molecule has 0 N–H and O–H groups in total. The van der Waals surface area contributed by atoms with Gasteiger partial charge in [-0.05, 0) is 6.07 Å². The van der Waals surface area contributed by atoms with Crippen molar-refractivity contribution in [2.24, 2.45) is 0 Å². The van der Waals surface area contributed by atoms with E-state index < -0.39 is 0 Å². The van der Waals surface area contributed by atoms with E-state index in [0.29, 0.717) is 9.92 Å². The first-order valence-corrected chi connectivity index (χ1v) is 3.01. The summed E-state index contributed by atoms with van der Waals surface area (Å²) >= 11 is 10.4. The Hall–Kier alpha value is 1.37. The molecule has 1 aromatic rings. The Kier molecular flexibility index (Phi) is 5.85. The maximum Gasteiger partial charge on any atom is 1.00 e. The molecular formula is C6H4ClKS. The molecule has 0 unspecified atom stereocenters. The van der Waals surface area contributed by atoms with Crippen LogP contribution in [0.3, 0.4) is 0 Å². The zero-order valence-corrected chi connectivity index (χ0v) is 9.79. The van der Waals surface area contributed by atoms with Crippen LogP contribution in [0.25, 0.3) is 0 Å². The summed E-state index contributed by atoms with van der Waals surface area (Å²) in [6.45, 7) is 0. The van der Waals surface area contributed by atoms with Gasteiger partial charge in [-0.3, -0.25) is 0 Å². The van der Waals surface area contributed by atoms with E-state index >= 15 is 0 Å². The molecule has 1 rings (SSSR count). The molecule has 0 aromatic heterocycles. The molecule has 42 valence electrons. The van der Waals surface area contributed by atoms with Crippen molar-refractivity contribution in [1.29, 1.82) is 0 Å². The van der Waals surface area contributed by atoms with E-state index in [9.17, 15) is 0 Å². The third kappa shape index (κ3) is 3.32. The van der Waals surface area contributed by atoms with E-state index in [-0.39, 0.29) is 51.4 Å². The Morgan fingerprint density at radius 3 is 2.11 bits per heavy atom. The molecule has 0 atom stereocenters. The molecule has 0 nitrogen and oxygen atoms in total. The smallest absolute Gasteiger partial charge is 0.778 e. The van der Waals surface area contributed by atoms with E-state index in [2.05, 4.69) is 0 Å². The third-order valence-corrected chi connectivity index (χ3v) is 1.63. The molecule has 1 aromatic carbocycles. The summed E-state index contributed by atoms with van der Waals surface area (Å²) in [5.74, 6) is 0. The van der Waals surface area contributed by atoms with Crippen molar-refractivity contribution in [2.45, 2.75) is 4.90 Å². The SMILES string of the molecule is [K+].[S-]c1ccccc1Cl. The van der Waals surface area contributed by atoms with Crippen LogP contribution in [0.1, 0.15) is 0 Å². The quantitative estimate of drug-likeness (QED) is 0.376. The van der Waals surface area contributed by atoms with Gasteiger partial charge < -0.3 is 12.6 Å². The second kappa shape index (κ2) is 5.07. The van der Waals surface area contributed by atoms with Crippen LogP contribution in [0.2, 0.25) is 5.02 Å². The minimum atomic E-state index is 0. The fourth-order valence-corrected chi connectivity index (χ4v) is 0.727. The third-order valence-electron chi connectivity index (χ3n) is 0.837. The predicted octanol–water partition coefficient (Wildman–Crippen LogP) is -0.750. The van der Waals surface area contributed by atoms with Gasteiger partial charge in [-0.25, -0.2) is 0 Å². The molecule has 0 bridgehead atoms. The van der Waals surface area contributed by atoms with Gasteiger partial charge in [0.15, 0.2) is 0 Å². The summed E-state index contributed by atoms with van der Waals surface area (Å²) in [5.41, 5.74) is 0. The fourth-order valence-electron chi connectivity index (χ4n) is 0.445. The van der Waals surface area contributed by atoms with Crippen molar-refractivity contribution in [1.82, 2.24) is 0 Å². The first-order valence-electron chi connectivity index (χ1n) is 2.22. The molecule has 0 saturated carbocycles. The summed E-state index contributed by atoms with van der Waals surface area (Å²) in [6, 6.07) is 7.31. The van der Waals surface area contributed by atoms with Crippen LogP contribution in [0.5, 0.6) is 0 Å². The van der Waals surface area contributed by atoms with Crippen molar-refractivity contribution < 1.29 is 51.4 Å². The Morgan fingerprint density at radius 2 is 1.78 bits per heavy atom. The van der Waals surface area contributed by atoms with Crippen molar-refractivity contribution in [3.05, 3.63) is 29.3 Å². The summed E-state index contributed by atoms with van der Waals surface area (Å²) in [7, 11) is 0. The second-order valence-electron chi connectivity index (χ2n) is 1.43. The molecule has 0 amide bonds. The average Bonchev–Trinajstić information content (AvgIpc) is 1.77. The van der Waals surface area contributed by atoms with Crippen LogP contribution in [0, 0.1) is 0 Å². The van der Waals surface area contributed by atoms with Gasteiger partial charge in [-0.2, -0.15) is 4.90 Å². The molecule has 3 heteroatoms. The maximum atomic E-state index is 5.60. The molecule has 0 heterocycles. The number of benzene rings is 1. The van der Waals surface area contributed by atoms with Crippen LogP contribution < -0.4 is 51.4 Å². The van der Waals surface area contributed by atoms with E-state index in [0.717, 1.165) is 0 Å². The van der Waals surface area contributed by atoms with Crippen LogP contribution >= 0.6 is 11.6 Å². The zero-order valence-electron chi connectivity index (χ0n) is 5.10. The zero-order chi connectivity index (χ0) is 5.98. The Bertz CT molecular complexity index is 169. The van der Waals surface area contributed by atoms with E-state index in [1.807, 2.05) is 12.1 Å². The molecule has 9 heavy (non-hydrogen) atoms. The Morgan fingerprint density at radius 1 is 1.22 bits per heavy atom. The van der Waals surface area contributed by atoms with E-state index in [1.165, 1.54) is 0 Å². The number of rotatable bonds is 0. The van der Waals surface area contributed by atoms with Crippen LogP contribution in [0.15, 0.2) is 29.2 Å². The Labute approximate surface area is 108 Å². The molecule has 0 aliphatic rings. The summed E-state index contributed by atoms with van der Waals surface area (Å²) < 4.78 is 0. The van der Waals surface area contributed by atoms with Gasteiger partial charge >= 0.3 is 51.4 Å². The average molecular weight is 183 g/mol. The molecule has 0 spiro atoms. The van der Waals surface area contributed by atoms with Gasteiger partial charge in [0.2, 0.25) is 0 Å². The molecular weight excluding hydrogens is 179 g/mol. The summed E-state index contributed by atoms with van der Waals surface area (Å²) in [5, 5.41) is 0.655. The molecule has 0 fully saturated rings. The van der Waals surface area contributed by atoms with Crippen molar-refractivity contribution >= 4 is 24.2 Å². The van der Waals surface area contributed by atoms with E-state index in [1.54, 1.807) is 12.1 Å². The molecule has 0 radical (unpaired) electrons. The van der Waals surface area contributed by atoms with Gasteiger partial charge in [0, 0.05) is 5.02 Å². The molecule has 0 aliphatic carbocycles. The van der Waals surface area contributed by atoms with Crippen LogP contribution in [-0.2, 0) is 12.6 Å². The summed E-state index contributed by atoms with van der Waals surface area (Å²) in [4.78, 5) is 0.717. The van der Waals surface area contributed by atoms with Gasteiger partial charge in [0.05, 0.1) is 0 Å². The minimum Gasteiger partial charge on any atom is -0.778 e. The monoisotopic (exact) mass is 182 g/mol. The fraction of sp³-hybridized carbons (Fsp3) is 0. The standard InChI is InChI=1S/C6H5ClS.K/c7-5-3-1-2-4-6(5)8;/h1-4,8H;/q;+1/p-1. The minimum absolute atomic E-state index is 0. The molecule has 0 saturated heterocycles. The van der Waals surface area contributed by atoms with Crippen molar-refractivity contribution in [3.8, 4) is 0 Å². The molecule has 0 aliphatic heterocycles. The van der Waals surface area contributed by atoms with Gasteiger partial charge in [0.1, 0.15) is 0 Å². The van der Waals surface area contributed by atoms with Gasteiger partial charge in [-0.15, -0.1) is 0 Å². The number of hydrogen-bond acceptors (Lipinski definition) is 1. The maximum absolute atomic E-state index is 5.60. The van der Waals surface area contributed by atoms with Crippen LogP contribution in [-0.4, -0.2) is 0 Å². The Balaban J connectivity index is 0.000000640. The first-order chi connectivity index (χ1) is 3.80. The van der Waals surface area contributed by atoms with Gasteiger partial charge in [0.25, 0.3) is 0 Å². The largest absolute Gasteiger partial charge is 1.00 e. The van der Waals surface area contributed by atoms with Gasteiger partial charge in [-0.1, -0.05) is 29.8 Å². The van der Waals surface area contributed by atoms with Crippen molar-refractivity contribution in [2.75, 3.05) is 0 Å². The predicted molar refractivity (Wildman–Crippen MR) is 37.1 cm³/mol. The number of halogens is 1. The topological polar surface area (TPSA) is 0 Å². The van der Waals surface area contributed by atoms with E-state index in [4.69, 9.17) is 24.2 Å². The second-order valence-corrected chi connectivity index (χ2v) is 2.28. The summed E-state index contributed by atoms with van der Waals surface area (Å²) in [6.07, 6.45) is 0. The van der Waals surface area contributed by atoms with Crippen LogP contribution in [0.4, 0.5) is 0 Å². The van der Waals surface area contributed by atoms with Crippen molar-refractivity contribution in [3.63, 3.8) is 0 Å².